The van der Waals surface area contributed by atoms with E-state index in [1.807, 2.05) is 55.6 Å². The molecule has 0 saturated heterocycles. The molecule has 5 nitrogen and oxygen atoms in total. The highest BCUT2D eigenvalue weighted by molar-refractivity contribution is 6.04. The molecule has 30 heavy (non-hydrogen) atoms. The second-order valence-corrected chi connectivity index (χ2v) is 6.27. The molecule has 0 radical (unpaired) electrons. The third-order valence-corrected chi connectivity index (χ3v) is 4.05. The number of ketones is 1. The number of alkyl halides is 1. The Balaban J connectivity index is 1.69. The monoisotopic (exact) mass is 413 g/mol. The summed E-state index contributed by atoms with van der Waals surface area (Å²) < 4.78 is 27.7. The topological polar surface area (TPSA) is 56.8 Å². The highest BCUT2D eigenvalue weighted by atomic mass is 19.1. The van der Waals surface area contributed by atoms with Crippen LogP contribution < -0.4 is 10.1 Å². The van der Waals surface area contributed by atoms with Crippen molar-refractivity contribution in [1.29, 1.82) is 0 Å². The summed E-state index contributed by atoms with van der Waals surface area (Å²) in [4.78, 5) is 12.0. The molecule has 0 heterocycles. The Bertz CT molecular complexity index is 801. The summed E-state index contributed by atoms with van der Waals surface area (Å²) in [5, 5.41) is 3.05. The lowest BCUT2D eigenvalue weighted by molar-refractivity contribution is -0.110. The van der Waals surface area contributed by atoms with Crippen LogP contribution in [0.3, 0.4) is 0 Å². The van der Waals surface area contributed by atoms with Crippen LogP contribution in [0.5, 0.6) is 5.75 Å². The maximum atomic E-state index is 12.0. The van der Waals surface area contributed by atoms with Crippen LogP contribution in [-0.2, 0) is 14.3 Å². The first-order valence-electron chi connectivity index (χ1n) is 9.83. The van der Waals surface area contributed by atoms with Crippen molar-refractivity contribution in [3.05, 3.63) is 71.8 Å². The number of anilines is 1. The second-order valence-electron chi connectivity index (χ2n) is 6.27. The number of benzene rings is 2. The molecule has 0 aromatic heterocycles. The van der Waals surface area contributed by atoms with Gasteiger partial charge in [0.25, 0.3) is 0 Å². The van der Waals surface area contributed by atoms with Gasteiger partial charge in [-0.05, 0) is 47.5 Å². The standard InChI is InChI=1S/C24H28FNO4/c1-26-22-8-2-20(3-9-22)4-10-23(27)11-5-21-6-12-24(13-7-21)30-19-18-29-17-16-28-15-14-25/h2-13,26H,14-19H2,1H3/b10-4+,11-5+. The van der Waals surface area contributed by atoms with E-state index in [2.05, 4.69) is 5.32 Å². The molecule has 0 fully saturated rings. The minimum absolute atomic E-state index is 0.0827. The third-order valence-electron chi connectivity index (χ3n) is 4.05. The quantitative estimate of drug-likeness (QED) is 0.367. The van der Waals surface area contributed by atoms with Gasteiger partial charge >= 0.3 is 0 Å². The first-order chi connectivity index (χ1) is 14.7. The van der Waals surface area contributed by atoms with Crippen LogP contribution in [0.15, 0.2) is 60.7 Å². The molecule has 0 atom stereocenters. The van der Waals surface area contributed by atoms with Crippen molar-refractivity contribution in [3.63, 3.8) is 0 Å². The van der Waals surface area contributed by atoms with E-state index in [1.54, 1.807) is 18.2 Å². The fourth-order valence-corrected chi connectivity index (χ4v) is 2.44. The van der Waals surface area contributed by atoms with Crippen molar-refractivity contribution >= 4 is 23.6 Å². The van der Waals surface area contributed by atoms with Crippen molar-refractivity contribution in [3.8, 4) is 5.75 Å². The van der Waals surface area contributed by atoms with Gasteiger partial charge in [-0.1, -0.05) is 36.4 Å². The number of carbonyl (C=O) groups is 1. The molecule has 0 aliphatic carbocycles. The maximum Gasteiger partial charge on any atom is 0.178 e. The SMILES string of the molecule is CNc1ccc(/C=C/C(=O)/C=C/c2ccc(OCCOCCOCCF)cc2)cc1. The fraction of sp³-hybridized carbons (Fsp3) is 0.292. The Morgan fingerprint density at radius 3 is 1.93 bits per heavy atom. The lowest BCUT2D eigenvalue weighted by Crippen LogP contribution is -2.11. The molecule has 0 amide bonds. The van der Waals surface area contributed by atoms with Crippen LogP contribution in [0.4, 0.5) is 10.1 Å². The van der Waals surface area contributed by atoms with Gasteiger partial charge in [0.15, 0.2) is 5.78 Å². The minimum atomic E-state index is -0.481. The summed E-state index contributed by atoms with van der Waals surface area (Å²) in [5.74, 6) is 0.640. The van der Waals surface area contributed by atoms with Crippen LogP contribution in [0, 0.1) is 0 Å². The van der Waals surface area contributed by atoms with Crippen LogP contribution in [-0.4, -0.2) is 52.5 Å². The summed E-state index contributed by atoms with van der Waals surface area (Å²) in [6.45, 7) is 1.26. The number of hydrogen-bond donors (Lipinski definition) is 1. The van der Waals surface area contributed by atoms with E-state index >= 15 is 0 Å². The molecule has 2 aromatic carbocycles. The number of ether oxygens (including phenoxy) is 3. The van der Waals surface area contributed by atoms with E-state index in [9.17, 15) is 9.18 Å². The van der Waals surface area contributed by atoms with Gasteiger partial charge in [-0.15, -0.1) is 0 Å². The van der Waals surface area contributed by atoms with Crippen LogP contribution in [0.2, 0.25) is 0 Å². The summed E-state index contributed by atoms with van der Waals surface area (Å²) >= 11 is 0. The summed E-state index contributed by atoms with van der Waals surface area (Å²) in [5.41, 5.74) is 2.90. The smallest absolute Gasteiger partial charge is 0.178 e. The molecule has 2 aromatic rings. The van der Waals surface area contributed by atoms with E-state index in [-0.39, 0.29) is 12.4 Å². The number of nitrogens with one attached hydrogen (secondary N) is 1. The van der Waals surface area contributed by atoms with E-state index in [1.165, 1.54) is 6.08 Å². The molecule has 0 aliphatic rings. The van der Waals surface area contributed by atoms with E-state index < -0.39 is 6.67 Å². The van der Waals surface area contributed by atoms with Crippen LogP contribution >= 0.6 is 0 Å². The lowest BCUT2D eigenvalue weighted by Gasteiger charge is -2.07. The van der Waals surface area contributed by atoms with Crippen LogP contribution in [0.1, 0.15) is 11.1 Å². The Labute approximate surface area is 177 Å². The van der Waals surface area contributed by atoms with Crippen LogP contribution in [0.25, 0.3) is 12.2 Å². The lowest BCUT2D eigenvalue weighted by atomic mass is 10.1. The Kier molecular flexibility index (Phi) is 11.0. The fourth-order valence-electron chi connectivity index (χ4n) is 2.44. The first-order valence-corrected chi connectivity index (χ1v) is 9.83. The van der Waals surface area contributed by atoms with Gasteiger partial charge in [0.05, 0.1) is 26.4 Å². The highest BCUT2D eigenvalue weighted by Gasteiger charge is 1.96. The van der Waals surface area contributed by atoms with Crippen molar-refractivity contribution in [1.82, 2.24) is 0 Å². The molecular weight excluding hydrogens is 385 g/mol. The van der Waals surface area contributed by atoms with Crippen molar-refractivity contribution in [2.45, 2.75) is 0 Å². The number of halogens is 1. The summed E-state index contributed by atoms with van der Waals surface area (Å²) in [6.07, 6.45) is 6.64. The van der Waals surface area contributed by atoms with E-state index in [0.717, 1.165) is 22.6 Å². The predicted molar refractivity (Wildman–Crippen MR) is 119 cm³/mol. The molecular formula is C24H28FNO4. The van der Waals surface area contributed by atoms with Gasteiger partial charge in [0, 0.05) is 12.7 Å². The molecule has 0 unspecified atom stereocenters. The van der Waals surface area contributed by atoms with E-state index in [4.69, 9.17) is 14.2 Å². The molecule has 0 spiro atoms. The van der Waals surface area contributed by atoms with Gasteiger partial charge in [-0.25, -0.2) is 4.39 Å². The molecule has 2 rings (SSSR count). The zero-order chi connectivity index (χ0) is 21.4. The van der Waals surface area contributed by atoms with Gasteiger partial charge in [-0.3, -0.25) is 4.79 Å². The van der Waals surface area contributed by atoms with Gasteiger partial charge in [-0.2, -0.15) is 0 Å². The molecule has 0 saturated carbocycles. The van der Waals surface area contributed by atoms with Gasteiger partial charge < -0.3 is 19.5 Å². The molecule has 160 valence electrons. The molecule has 1 N–H and O–H groups in total. The number of rotatable bonds is 14. The average Bonchev–Trinajstić information content (AvgIpc) is 2.79. The van der Waals surface area contributed by atoms with Crippen molar-refractivity contribution < 1.29 is 23.4 Å². The Hall–Kier alpha value is -2.96. The van der Waals surface area contributed by atoms with Gasteiger partial charge in [0.1, 0.15) is 19.0 Å². The Morgan fingerprint density at radius 2 is 1.37 bits per heavy atom. The largest absolute Gasteiger partial charge is 0.491 e. The van der Waals surface area contributed by atoms with Crippen molar-refractivity contribution in [2.24, 2.45) is 0 Å². The number of hydrogen-bond acceptors (Lipinski definition) is 5. The molecule has 6 heteroatoms. The summed E-state index contributed by atoms with van der Waals surface area (Å²) in [7, 11) is 1.86. The van der Waals surface area contributed by atoms with Gasteiger partial charge in [0.2, 0.25) is 0 Å². The maximum absolute atomic E-state index is 12.0. The first kappa shape index (κ1) is 23.3. The van der Waals surface area contributed by atoms with E-state index in [0.29, 0.717) is 26.4 Å². The van der Waals surface area contributed by atoms with Crippen molar-refractivity contribution in [2.75, 3.05) is 52.1 Å². The minimum Gasteiger partial charge on any atom is -0.491 e. The molecule has 0 aliphatic heterocycles. The summed E-state index contributed by atoms with van der Waals surface area (Å²) in [6, 6.07) is 15.3. The second kappa shape index (κ2) is 14.1. The predicted octanol–water partition coefficient (Wildman–Crippen LogP) is 4.41. The highest BCUT2D eigenvalue weighted by Crippen LogP contribution is 2.13. The molecule has 0 bridgehead atoms. The number of allylic oxidation sites excluding steroid dienone is 2. The third kappa shape index (κ3) is 9.49. The Morgan fingerprint density at radius 1 is 0.833 bits per heavy atom. The number of carbonyl (C=O) groups excluding carboxylic acids is 1. The zero-order valence-electron chi connectivity index (χ0n) is 17.2. The normalized spacial score (nSPS) is 11.3. The zero-order valence-corrected chi connectivity index (χ0v) is 17.2. The average molecular weight is 413 g/mol.